The fourth-order valence-corrected chi connectivity index (χ4v) is 4.59. The fourth-order valence-electron chi connectivity index (χ4n) is 4.59. The van der Waals surface area contributed by atoms with Crippen molar-refractivity contribution >= 4 is 23.6 Å². The predicted molar refractivity (Wildman–Crippen MR) is 165 cm³/mol. The molecule has 0 spiro atoms. The number of hydrogen-bond acceptors (Lipinski definition) is 5. The lowest BCUT2D eigenvalue weighted by molar-refractivity contribution is -0.143. The molecule has 42 heavy (non-hydrogen) atoms. The molecule has 0 saturated carbocycles. The lowest BCUT2D eigenvalue weighted by Crippen LogP contribution is -2.55. The van der Waals surface area contributed by atoms with Gasteiger partial charge >= 0.3 is 6.09 Å². The molecule has 0 heterocycles. The summed E-state index contributed by atoms with van der Waals surface area (Å²) in [6, 6.07) is 19.1. The third-order valence-corrected chi connectivity index (χ3v) is 7.01. The number of phenols is 1. The average Bonchev–Trinajstić information content (AvgIpc) is 2.92. The number of nitrogens with zero attached hydrogens (tertiary/aromatic N) is 1. The molecule has 3 aromatic rings. The Labute approximate surface area is 249 Å². The van der Waals surface area contributed by atoms with E-state index < -0.39 is 29.7 Å². The van der Waals surface area contributed by atoms with E-state index in [2.05, 4.69) is 10.6 Å². The Balaban J connectivity index is 2.09. The van der Waals surface area contributed by atoms with Gasteiger partial charge in [0.15, 0.2) is 0 Å². The SMILES string of the molecule is CCC(C)N(C(=O)C(Cc1ccc(O)cc1)NC(=O)OC(C)(C)C)C(C(=O)Nc1ccccc1C)c1ccc(C)cc1. The van der Waals surface area contributed by atoms with Gasteiger partial charge in [0.25, 0.3) is 5.91 Å². The van der Waals surface area contributed by atoms with E-state index in [1.165, 1.54) is 12.1 Å². The second kappa shape index (κ2) is 14.0. The maximum absolute atomic E-state index is 14.5. The van der Waals surface area contributed by atoms with E-state index in [0.717, 1.165) is 16.7 Å². The normalized spacial score (nSPS) is 13.4. The molecule has 3 aromatic carbocycles. The lowest BCUT2D eigenvalue weighted by atomic mass is 9.97. The van der Waals surface area contributed by atoms with Crippen LogP contribution in [0.4, 0.5) is 10.5 Å². The monoisotopic (exact) mass is 573 g/mol. The molecule has 8 nitrogen and oxygen atoms in total. The van der Waals surface area contributed by atoms with Crippen LogP contribution in [0.5, 0.6) is 5.75 Å². The van der Waals surface area contributed by atoms with E-state index >= 15 is 0 Å². The molecule has 3 unspecified atom stereocenters. The van der Waals surface area contributed by atoms with Gasteiger partial charge < -0.3 is 25.4 Å². The van der Waals surface area contributed by atoms with E-state index in [-0.39, 0.29) is 24.1 Å². The van der Waals surface area contributed by atoms with Gasteiger partial charge in [0, 0.05) is 18.2 Å². The van der Waals surface area contributed by atoms with Crippen molar-refractivity contribution in [2.75, 3.05) is 5.32 Å². The summed E-state index contributed by atoms with van der Waals surface area (Å²) in [5, 5.41) is 15.6. The minimum Gasteiger partial charge on any atom is -0.508 e. The number of aryl methyl sites for hydroxylation is 2. The molecule has 0 aliphatic carbocycles. The molecule has 0 fully saturated rings. The van der Waals surface area contributed by atoms with Crippen LogP contribution < -0.4 is 10.6 Å². The molecule has 0 aliphatic rings. The fraction of sp³-hybridized carbons (Fsp3) is 0.382. The molecule has 8 heteroatoms. The van der Waals surface area contributed by atoms with Gasteiger partial charge in [-0.1, -0.05) is 67.1 Å². The van der Waals surface area contributed by atoms with Crippen molar-refractivity contribution in [3.05, 3.63) is 95.1 Å². The van der Waals surface area contributed by atoms with Crippen LogP contribution in [0.2, 0.25) is 0 Å². The van der Waals surface area contributed by atoms with E-state index in [1.54, 1.807) is 37.8 Å². The number of rotatable bonds is 10. The molecule has 224 valence electrons. The second-order valence-corrected chi connectivity index (χ2v) is 11.7. The van der Waals surface area contributed by atoms with Crippen molar-refractivity contribution in [1.82, 2.24) is 10.2 Å². The highest BCUT2D eigenvalue weighted by molar-refractivity contribution is 5.99. The van der Waals surface area contributed by atoms with Crippen LogP contribution in [0.1, 0.15) is 69.3 Å². The first-order chi connectivity index (χ1) is 19.8. The highest BCUT2D eigenvalue weighted by Gasteiger charge is 2.38. The molecule has 0 bridgehead atoms. The number of carbonyl (C=O) groups excluding carboxylic acids is 3. The second-order valence-electron chi connectivity index (χ2n) is 11.7. The Morgan fingerprint density at radius 3 is 2.12 bits per heavy atom. The van der Waals surface area contributed by atoms with Crippen molar-refractivity contribution in [2.45, 2.75) is 85.0 Å². The van der Waals surface area contributed by atoms with Crippen LogP contribution in [0, 0.1) is 13.8 Å². The number of alkyl carbamates (subject to hydrolysis) is 1. The summed E-state index contributed by atoms with van der Waals surface area (Å²) >= 11 is 0. The Morgan fingerprint density at radius 2 is 1.55 bits per heavy atom. The molecular weight excluding hydrogens is 530 g/mol. The van der Waals surface area contributed by atoms with Crippen LogP contribution >= 0.6 is 0 Å². The average molecular weight is 574 g/mol. The first kappa shape index (κ1) is 32.2. The maximum Gasteiger partial charge on any atom is 0.408 e. The number of anilines is 1. The molecule has 0 aliphatic heterocycles. The Kier molecular flexibility index (Phi) is 10.8. The molecule has 3 rings (SSSR count). The largest absolute Gasteiger partial charge is 0.508 e. The highest BCUT2D eigenvalue weighted by atomic mass is 16.6. The zero-order valence-electron chi connectivity index (χ0n) is 25.6. The van der Waals surface area contributed by atoms with Gasteiger partial charge in [0.2, 0.25) is 5.91 Å². The number of para-hydroxylation sites is 1. The number of ether oxygens (including phenoxy) is 1. The van der Waals surface area contributed by atoms with Crippen molar-refractivity contribution in [3.63, 3.8) is 0 Å². The summed E-state index contributed by atoms with van der Waals surface area (Å²) in [5.74, 6) is -0.688. The van der Waals surface area contributed by atoms with Crippen molar-refractivity contribution < 1.29 is 24.2 Å². The number of aromatic hydroxyl groups is 1. The Hall–Kier alpha value is -4.33. The molecule has 3 atom stereocenters. The van der Waals surface area contributed by atoms with Crippen LogP contribution in [0.15, 0.2) is 72.8 Å². The number of amides is 3. The number of nitrogens with one attached hydrogen (secondary N) is 2. The predicted octanol–water partition coefficient (Wildman–Crippen LogP) is 6.45. The zero-order valence-corrected chi connectivity index (χ0v) is 25.6. The molecule has 0 saturated heterocycles. The third kappa shape index (κ3) is 8.83. The van der Waals surface area contributed by atoms with E-state index in [9.17, 15) is 19.5 Å². The van der Waals surface area contributed by atoms with E-state index in [4.69, 9.17) is 4.74 Å². The van der Waals surface area contributed by atoms with Crippen molar-refractivity contribution in [3.8, 4) is 5.75 Å². The first-order valence-corrected chi connectivity index (χ1v) is 14.3. The summed E-state index contributed by atoms with van der Waals surface area (Å²) in [7, 11) is 0. The third-order valence-electron chi connectivity index (χ3n) is 7.01. The van der Waals surface area contributed by atoms with Crippen LogP contribution in [0.25, 0.3) is 0 Å². The van der Waals surface area contributed by atoms with Gasteiger partial charge in [0.05, 0.1) is 0 Å². The summed E-state index contributed by atoms with van der Waals surface area (Å²) in [5.41, 5.74) is 3.18. The Morgan fingerprint density at radius 1 is 0.929 bits per heavy atom. The van der Waals surface area contributed by atoms with Gasteiger partial charge in [-0.2, -0.15) is 0 Å². The van der Waals surface area contributed by atoms with Crippen LogP contribution in [-0.2, 0) is 20.7 Å². The molecule has 3 N–H and O–H groups in total. The number of benzene rings is 3. The van der Waals surface area contributed by atoms with Gasteiger partial charge in [-0.3, -0.25) is 9.59 Å². The topological polar surface area (TPSA) is 108 Å². The van der Waals surface area contributed by atoms with Crippen molar-refractivity contribution in [1.29, 1.82) is 0 Å². The maximum atomic E-state index is 14.5. The number of phenolic OH excluding ortho intramolecular Hbond substituents is 1. The van der Waals surface area contributed by atoms with Gasteiger partial charge in [-0.05, 0) is 82.9 Å². The molecule has 0 aromatic heterocycles. The van der Waals surface area contributed by atoms with Gasteiger partial charge in [-0.15, -0.1) is 0 Å². The van der Waals surface area contributed by atoms with Crippen molar-refractivity contribution in [2.24, 2.45) is 0 Å². The molecule has 3 amide bonds. The van der Waals surface area contributed by atoms with Crippen LogP contribution in [-0.4, -0.2) is 45.6 Å². The minimum absolute atomic E-state index is 0.0928. The van der Waals surface area contributed by atoms with Gasteiger partial charge in [0.1, 0.15) is 23.4 Å². The number of carbonyl (C=O) groups is 3. The zero-order chi connectivity index (χ0) is 31.0. The smallest absolute Gasteiger partial charge is 0.408 e. The quantitative estimate of drug-likeness (QED) is 0.258. The highest BCUT2D eigenvalue weighted by Crippen LogP contribution is 2.29. The minimum atomic E-state index is -1.04. The summed E-state index contributed by atoms with van der Waals surface area (Å²) in [6.07, 6.45) is -0.0323. The van der Waals surface area contributed by atoms with E-state index in [0.29, 0.717) is 17.7 Å². The molecular formula is C34H43N3O5. The first-order valence-electron chi connectivity index (χ1n) is 14.3. The Bertz CT molecular complexity index is 1360. The van der Waals surface area contributed by atoms with E-state index in [1.807, 2.05) is 76.2 Å². The molecule has 0 radical (unpaired) electrons. The van der Waals surface area contributed by atoms with Gasteiger partial charge in [-0.25, -0.2) is 4.79 Å². The summed E-state index contributed by atoms with van der Waals surface area (Å²) in [4.78, 5) is 43.2. The lowest BCUT2D eigenvalue weighted by Gasteiger charge is -2.38. The number of hydrogen-bond donors (Lipinski definition) is 3. The van der Waals surface area contributed by atoms with Crippen LogP contribution in [0.3, 0.4) is 0 Å². The summed E-state index contributed by atoms with van der Waals surface area (Å²) in [6.45, 7) is 13.0. The standard InChI is InChI=1S/C34H43N3O5/c1-8-24(4)37(30(26-17-13-22(2)14-18-26)31(39)35-28-12-10-9-11-23(28)3)32(40)29(36-33(41)42-34(5,6)7)21-25-15-19-27(38)20-16-25/h9-20,24,29-30,38H,8,21H2,1-7H3,(H,35,39)(H,36,41). The summed E-state index contributed by atoms with van der Waals surface area (Å²) < 4.78 is 5.50.